The zero-order valence-corrected chi connectivity index (χ0v) is 29.5. The fourth-order valence-electron chi connectivity index (χ4n) is 7.59. The minimum Gasteiger partial charge on any atom is -0.436 e. The average molecular weight is 646 g/mol. The lowest BCUT2D eigenvalue weighted by Gasteiger charge is -2.21. The molecule has 242 valence electrons. The summed E-state index contributed by atoms with van der Waals surface area (Å²) in [6, 6.07) is 47.1. The molecule has 0 aliphatic heterocycles. The Morgan fingerprint density at radius 1 is 0.440 bits per heavy atom. The third kappa shape index (κ3) is 4.90. The lowest BCUT2D eigenvalue weighted by Crippen LogP contribution is -2.10. The molecule has 0 unspecified atom stereocenters. The highest BCUT2D eigenvalue weighted by Gasteiger charge is 2.23. The van der Waals surface area contributed by atoms with Crippen molar-refractivity contribution < 1.29 is 4.42 Å². The van der Waals surface area contributed by atoms with Crippen molar-refractivity contribution in [3.63, 3.8) is 0 Å². The van der Waals surface area contributed by atoms with Crippen LogP contribution in [-0.4, -0.2) is 4.98 Å². The van der Waals surface area contributed by atoms with Crippen LogP contribution in [0, 0.1) is 20.8 Å². The SMILES string of the molecule is Cc1ccc(-c2cc(-c3ccc(C)cc3)c3ccc4c(-c5nc6cc(C(C)(C)C)ccc6o5)cc(-c5ccc(C)cc5)c5ccc2c3c54)cc1. The minimum absolute atomic E-state index is 0.0171. The lowest BCUT2D eigenvalue weighted by atomic mass is 9.82. The molecular weight excluding hydrogens is 607 g/mol. The fourth-order valence-corrected chi connectivity index (χ4v) is 7.59. The van der Waals surface area contributed by atoms with Crippen molar-refractivity contribution in [2.75, 3.05) is 0 Å². The summed E-state index contributed by atoms with van der Waals surface area (Å²) in [5, 5.41) is 7.39. The van der Waals surface area contributed by atoms with E-state index in [1.807, 2.05) is 0 Å². The molecule has 0 atom stereocenters. The molecule has 1 aromatic heterocycles. The second-order valence-corrected chi connectivity index (χ2v) is 15.1. The Balaban J connectivity index is 1.42. The van der Waals surface area contributed by atoms with Crippen molar-refractivity contribution in [2.45, 2.75) is 47.0 Å². The topological polar surface area (TPSA) is 26.0 Å². The van der Waals surface area contributed by atoms with E-state index in [2.05, 4.69) is 169 Å². The maximum atomic E-state index is 6.62. The van der Waals surface area contributed by atoms with Gasteiger partial charge in [0.1, 0.15) is 5.52 Å². The van der Waals surface area contributed by atoms with Gasteiger partial charge in [-0.3, -0.25) is 0 Å². The first-order valence-corrected chi connectivity index (χ1v) is 17.5. The number of hydrogen-bond acceptors (Lipinski definition) is 2. The summed E-state index contributed by atoms with van der Waals surface area (Å²) in [5.41, 5.74) is 15.0. The van der Waals surface area contributed by atoms with E-state index < -0.39 is 0 Å². The predicted octanol–water partition coefficient (Wildman–Crippen LogP) is 13.6. The third-order valence-electron chi connectivity index (χ3n) is 10.5. The maximum absolute atomic E-state index is 6.62. The zero-order chi connectivity index (χ0) is 34.3. The number of hydrogen-bond donors (Lipinski definition) is 0. The van der Waals surface area contributed by atoms with E-state index in [1.54, 1.807) is 0 Å². The summed E-state index contributed by atoms with van der Waals surface area (Å²) in [5.74, 6) is 0.648. The molecule has 2 nitrogen and oxygen atoms in total. The highest BCUT2D eigenvalue weighted by Crippen LogP contribution is 2.48. The van der Waals surface area contributed by atoms with Crippen LogP contribution >= 0.6 is 0 Å². The van der Waals surface area contributed by atoms with Gasteiger partial charge in [-0.25, -0.2) is 4.98 Å². The van der Waals surface area contributed by atoms with Crippen molar-refractivity contribution in [2.24, 2.45) is 0 Å². The molecule has 0 N–H and O–H groups in total. The number of aryl methyl sites for hydroxylation is 3. The average Bonchev–Trinajstić information content (AvgIpc) is 3.55. The Morgan fingerprint density at radius 3 is 1.26 bits per heavy atom. The Bertz CT molecular complexity index is 2660. The smallest absolute Gasteiger partial charge is 0.227 e. The monoisotopic (exact) mass is 645 g/mol. The third-order valence-corrected chi connectivity index (χ3v) is 10.5. The van der Waals surface area contributed by atoms with Gasteiger partial charge in [0.2, 0.25) is 5.89 Å². The van der Waals surface area contributed by atoms with Crippen molar-refractivity contribution in [3.8, 4) is 44.8 Å². The van der Waals surface area contributed by atoms with Gasteiger partial charge >= 0.3 is 0 Å². The molecule has 0 saturated heterocycles. The maximum Gasteiger partial charge on any atom is 0.227 e. The van der Waals surface area contributed by atoms with Gasteiger partial charge in [0, 0.05) is 5.56 Å². The molecule has 1 heterocycles. The van der Waals surface area contributed by atoms with Crippen LogP contribution in [0.3, 0.4) is 0 Å². The van der Waals surface area contributed by atoms with Gasteiger partial charge in [-0.15, -0.1) is 0 Å². The Labute approximate surface area is 293 Å². The van der Waals surface area contributed by atoms with E-state index in [4.69, 9.17) is 9.40 Å². The highest BCUT2D eigenvalue weighted by molar-refractivity contribution is 6.31. The van der Waals surface area contributed by atoms with Crippen LogP contribution in [-0.2, 0) is 5.41 Å². The van der Waals surface area contributed by atoms with Gasteiger partial charge in [0.15, 0.2) is 5.58 Å². The molecular formula is C48H39NO. The largest absolute Gasteiger partial charge is 0.436 e. The minimum atomic E-state index is 0.0171. The Morgan fingerprint density at radius 2 is 0.840 bits per heavy atom. The molecule has 50 heavy (non-hydrogen) atoms. The Kier molecular flexibility index (Phi) is 6.77. The van der Waals surface area contributed by atoms with Crippen LogP contribution in [0.25, 0.3) is 88.3 Å². The number of nitrogens with zero attached hydrogens (tertiary/aromatic N) is 1. The van der Waals surface area contributed by atoms with Gasteiger partial charge in [0.25, 0.3) is 0 Å². The quantitative estimate of drug-likeness (QED) is 0.178. The number of fused-ring (bicyclic) bond motifs is 1. The highest BCUT2D eigenvalue weighted by atomic mass is 16.3. The second kappa shape index (κ2) is 11.1. The zero-order valence-electron chi connectivity index (χ0n) is 29.5. The molecule has 0 spiro atoms. The van der Waals surface area contributed by atoms with Crippen LogP contribution < -0.4 is 0 Å². The van der Waals surface area contributed by atoms with E-state index >= 15 is 0 Å². The van der Waals surface area contributed by atoms with E-state index in [-0.39, 0.29) is 5.41 Å². The summed E-state index contributed by atoms with van der Waals surface area (Å²) < 4.78 is 6.62. The lowest BCUT2D eigenvalue weighted by molar-refractivity contribution is 0.590. The summed E-state index contributed by atoms with van der Waals surface area (Å²) in [6.45, 7) is 13.1. The van der Waals surface area contributed by atoms with E-state index in [1.165, 1.54) is 82.6 Å². The van der Waals surface area contributed by atoms with Crippen LogP contribution in [0.2, 0.25) is 0 Å². The van der Waals surface area contributed by atoms with Crippen LogP contribution in [0.1, 0.15) is 43.0 Å². The summed E-state index contributed by atoms with van der Waals surface area (Å²) in [7, 11) is 0. The van der Waals surface area contributed by atoms with Gasteiger partial charge in [-0.05, 0) is 122 Å². The van der Waals surface area contributed by atoms with E-state index in [0.29, 0.717) is 5.89 Å². The van der Waals surface area contributed by atoms with Gasteiger partial charge in [0.05, 0.1) is 0 Å². The normalized spacial score (nSPS) is 12.2. The molecule has 0 bridgehead atoms. The number of aromatic nitrogens is 1. The van der Waals surface area contributed by atoms with E-state index in [9.17, 15) is 0 Å². The van der Waals surface area contributed by atoms with Gasteiger partial charge in [-0.2, -0.15) is 0 Å². The van der Waals surface area contributed by atoms with Crippen molar-refractivity contribution in [3.05, 3.63) is 150 Å². The molecule has 0 aliphatic carbocycles. The fraction of sp³-hybridized carbons (Fsp3) is 0.146. The molecule has 9 rings (SSSR count). The van der Waals surface area contributed by atoms with Gasteiger partial charge in [-0.1, -0.05) is 141 Å². The van der Waals surface area contributed by atoms with Crippen LogP contribution in [0.15, 0.2) is 132 Å². The first-order chi connectivity index (χ1) is 24.1. The Hall–Kier alpha value is -5.73. The standard InChI is InChI=1S/C48H39NO/c1-28-7-13-31(14-8-28)39-26-40(32-15-9-29(2)10-16-32)36-22-23-38-42(47-49-43-25-34(48(4,5)6)19-24-44(43)50-47)27-41(33-17-11-30(3)12-18-33)37-21-20-35(39)45(36)46(37)38/h7-27H,1-6H3. The molecule has 0 fully saturated rings. The number of rotatable bonds is 4. The molecule has 9 aromatic rings. The van der Waals surface area contributed by atoms with Crippen molar-refractivity contribution in [1.82, 2.24) is 4.98 Å². The van der Waals surface area contributed by atoms with E-state index in [0.717, 1.165) is 22.0 Å². The summed E-state index contributed by atoms with van der Waals surface area (Å²) >= 11 is 0. The molecule has 2 heteroatoms. The molecule has 0 radical (unpaired) electrons. The summed E-state index contributed by atoms with van der Waals surface area (Å²) in [6.07, 6.45) is 0. The molecule has 8 aromatic carbocycles. The number of oxazole rings is 1. The molecule has 0 saturated carbocycles. The number of benzene rings is 8. The molecule has 0 amide bonds. The second-order valence-electron chi connectivity index (χ2n) is 15.1. The summed E-state index contributed by atoms with van der Waals surface area (Å²) in [4.78, 5) is 5.17. The van der Waals surface area contributed by atoms with Crippen LogP contribution in [0.5, 0.6) is 0 Å². The molecule has 0 aliphatic rings. The van der Waals surface area contributed by atoms with Crippen LogP contribution in [0.4, 0.5) is 0 Å². The van der Waals surface area contributed by atoms with Crippen molar-refractivity contribution in [1.29, 1.82) is 0 Å². The van der Waals surface area contributed by atoms with Gasteiger partial charge < -0.3 is 4.42 Å². The first kappa shape index (κ1) is 30.3. The van der Waals surface area contributed by atoms with Crippen molar-refractivity contribution >= 4 is 43.4 Å². The predicted molar refractivity (Wildman–Crippen MR) is 212 cm³/mol. The first-order valence-electron chi connectivity index (χ1n) is 17.5.